The third-order valence-electron chi connectivity index (χ3n) is 6.72. The standard InChI is InChI=1S/C12H17N3O5S.C12H19N3O3S/c1-20-12-9-10(3-4-11(12)15(16)17)13-5-7-14(8-6-13)21(2,18)19;1-18-12-9-10(3-4-11(12)13)14-5-7-15(8-6-14)19(2,16)17/h3-4,9H,5-8H2,1-2H3;3-4,9H,5-8,13H2,1-2H3. The second-order valence-corrected chi connectivity index (χ2v) is 13.3. The highest BCUT2D eigenvalue weighted by Gasteiger charge is 2.25. The molecule has 0 amide bonds. The normalized spacial score (nSPS) is 17.1. The first-order valence-electron chi connectivity index (χ1n) is 12.4. The quantitative estimate of drug-likeness (QED) is 0.274. The number of nitro benzene ring substituents is 1. The van der Waals surface area contributed by atoms with E-state index in [1.54, 1.807) is 25.3 Å². The highest BCUT2D eigenvalue weighted by molar-refractivity contribution is 7.88. The number of hydrogen-bond donors (Lipinski definition) is 1. The predicted molar refractivity (Wildman–Crippen MR) is 154 cm³/mol. The molecule has 2 aromatic carbocycles. The fourth-order valence-corrected chi connectivity index (χ4v) is 6.12. The first-order chi connectivity index (χ1) is 18.7. The Kier molecular flexibility index (Phi) is 10.0. The molecule has 4 rings (SSSR count). The summed E-state index contributed by atoms with van der Waals surface area (Å²) in [6.45, 7) is 4.22. The predicted octanol–water partition coefficient (Wildman–Crippen LogP) is 1.04. The number of anilines is 3. The monoisotopic (exact) mass is 600 g/mol. The summed E-state index contributed by atoms with van der Waals surface area (Å²) in [5.41, 5.74) is 8.07. The number of nitrogen functional groups attached to an aromatic ring is 1. The van der Waals surface area contributed by atoms with Crippen LogP contribution in [0.25, 0.3) is 0 Å². The number of ether oxygens (including phenoxy) is 2. The van der Waals surface area contributed by atoms with Crippen molar-refractivity contribution in [1.82, 2.24) is 8.61 Å². The van der Waals surface area contributed by atoms with Crippen LogP contribution in [0.4, 0.5) is 22.7 Å². The number of piperazine rings is 2. The largest absolute Gasteiger partial charge is 0.495 e. The minimum absolute atomic E-state index is 0.0870. The summed E-state index contributed by atoms with van der Waals surface area (Å²) >= 11 is 0. The molecule has 222 valence electrons. The zero-order valence-corrected chi connectivity index (χ0v) is 24.6. The van der Waals surface area contributed by atoms with Gasteiger partial charge in [-0.2, -0.15) is 8.61 Å². The maximum absolute atomic E-state index is 11.5. The highest BCUT2D eigenvalue weighted by Crippen LogP contribution is 2.32. The topological polar surface area (TPSA) is 169 Å². The molecule has 14 nitrogen and oxygen atoms in total. The second kappa shape index (κ2) is 12.9. The van der Waals surface area contributed by atoms with Crippen molar-refractivity contribution in [2.75, 3.05) is 94.6 Å². The van der Waals surface area contributed by atoms with Gasteiger partial charge in [0.25, 0.3) is 0 Å². The molecule has 2 fully saturated rings. The molecule has 0 atom stereocenters. The van der Waals surface area contributed by atoms with E-state index in [4.69, 9.17) is 15.2 Å². The smallest absolute Gasteiger partial charge is 0.311 e. The summed E-state index contributed by atoms with van der Waals surface area (Å²) in [6, 6.07) is 10.3. The van der Waals surface area contributed by atoms with Crippen molar-refractivity contribution in [2.24, 2.45) is 0 Å². The zero-order valence-electron chi connectivity index (χ0n) is 23.0. The first-order valence-corrected chi connectivity index (χ1v) is 16.1. The van der Waals surface area contributed by atoms with Crippen molar-refractivity contribution in [3.05, 3.63) is 46.5 Å². The van der Waals surface area contributed by atoms with Gasteiger partial charge in [0.15, 0.2) is 5.75 Å². The fourth-order valence-electron chi connectivity index (χ4n) is 4.47. The molecule has 0 aromatic heterocycles. The van der Waals surface area contributed by atoms with Crippen molar-refractivity contribution in [3.8, 4) is 11.5 Å². The van der Waals surface area contributed by atoms with Crippen LogP contribution in [0.3, 0.4) is 0 Å². The van der Waals surface area contributed by atoms with Crippen LogP contribution in [-0.2, 0) is 20.0 Å². The van der Waals surface area contributed by atoms with E-state index >= 15 is 0 Å². The van der Waals surface area contributed by atoms with Gasteiger partial charge < -0.3 is 25.0 Å². The Morgan fingerprint density at radius 2 is 1.12 bits per heavy atom. The van der Waals surface area contributed by atoms with Gasteiger partial charge in [-0.3, -0.25) is 10.1 Å². The maximum atomic E-state index is 11.5. The molecule has 2 saturated heterocycles. The molecule has 0 spiro atoms. The number of nitrogens with zero attached hydrogens (tertiary/aromatic N) is 5. The van der Waals surface area contributed by atoms with Gasteiger partial charge in [0.1, 0.15) is 5.75 Å². The molecule has 40 heavy (non-hydrogen) atoms. The second-order valence-electron chi connectivity index (χ2n) is 9.34. The van der Waals surface area contributed by atoms with E-state index in [1.165, 1.54) is 34.3 Å². The summed E-state index contributed by atoms with van der Waals surface area (Å²) in [4.78, 5) is 14.5. The van der Waals surface area contributed by atoms with E-state index in [2.05, 4.69) is 4.90 Å². The molecular weight excluding hydrogens is 564 g/mol. The third-order valence-corrected chi connectivity index (χ3v) is 9.33. The minimum Gasteiger partial charge on any atom is -0.495 e. The van der Waals surface area contributed by atoms with E-state index in [9.17, 15) is 26.9 Å². The number of methoxy groups -OCH3 is 2. The molecular formula is C24H36N6O8S2. The van der Waals surface area contributed by atoms with Gasteiger partial charge >= 0.3 is 5.69 Å². The van der Waals surface area contributed by atoms with E-state index in [1.807, 2.05) is 17.0 Å². The van der Waals surface area contributed by atoms with Crippen molar-refractivity contribution < 1.29 is 31.2 Å². The number of nitrogens with two attached hydrogens (primary N) is 1. The molecule has 0 radical (unpaired) electrons. The van der Waals surface area contributed by atoms with Crippen LogP contribution in [-0.4, -0.2) is 109 Å². The van der Waals surface area contributed by atoms with Gasteiger partial charge in [0, 0.05) is 81.9 Å². The molecule has 2 N–H and O–H groups in total. The summed E-state index contributed by atoms with van der Waals surface area (Å²) < 4.78 is 59.0. The number of benzene rings is 2. The molecule has 2 aliphatic heterocycles. The van der Waals surface area contributed by atoms with Gasteiger partial charge in [-0.15, -0.1) is 0 Å². The fraction of sp³-hybridized carbons (Fsp3) is 0.500. The van der Waals surface area contributed by atoms with Crippen molar-refractivity contribution in [1.29, 1.82) is 0 Å². The van der Waals surface area contributed by atoms with E-state index in [0.717, 1.165) is 11.4 Å². The molecule has 0 bridgehead atoms. The Labute approximate surface area is 235 Å². The molecule has 0 aliphatic carbocycles. The van der Waals surface area contributed by atoms with Gasteiger partial charge in [-0.05, 0) is 18.2 Å². The molecule has 2 aliphatic rings. The van der Waals surface area contributed by atoms with Crippen LogP contribution in [0.1, 0.15) is 0 Å². The molecule has 2 aromatic rings. The minimum atomic E-state index is -3.17. The van der Waals surface area contributed by atoms with Gasteiger partial charge in [0.2, 0.25) is 20.0 Å². The van der Waals surface area contributed by atoms with Crippen molar-refractivity contribution in [3.63, 3.8) is 0 Å². The first kappa shape index (κ1) is 31.2. The van der Waals surface area contributed by atoms with Gasteiger partial charge in [-0.25, -0.2) is 16.8 Å². The molecule has 0 unspecified atom stereocenters. The zero-order chi connectivity index (χ0) is 29.7. The molecule has 0 saturated carbocycles. The summed E-state index contributed by atoms with van der Waals surface area (Å²) in [5, 5.41) is 10.9. The molecule has 16 heteroatoms. The number of hydrogen-bond acceptors (Lipinski definition) is 11. The lowest BCUT2D eigenvalue weighted by Gasteiger charge is -2.34. The highest BCUT2D eigenvalue weighted by atomic mass is 32.2. The summed E-state index contributed by atoms with van der Waals surface area (Å²) in [7, 11) is -3.30. The Balaban J connectivity index is 0.000000222. The van der Waals surface area contributed by atoms with Crippen LogP contribution in [0, 0.1) is 10.1 Å². The number of sulfonamides is 2. The van der Waals surface area contributed by atoms with Crippen molar-refractivity contribution >= 4 is 42.8 Å². The number of nitro groups is 1. The van der Waals surface area contributed by atoms with Gasteiger partial charge in [-0.1, -0.05) is 0 Å². The molecule has 2 heterocycles. The third kappa shape index (κ3) is 7.87. The average molecular weight is 601 g/mol. The SMILES string of the molecule is COc1cc(N2CCN(S(C)(=O)=O)CC2)ccc1N.COc1cc(N2CCN(S(C)(=O)=O)CC2)ccc1[N+](=O)[O-]. The Morgan fingerprint density at radius 3 is 1.50 bits per heavy atom. The lowest BCUT2D eigenvalue weighted by molar-refractivity contribution is -0.385. The van der Waals surface area contributed by atoms with Crippen LogP contribution in [0.5, 0.6) is 11.5 Å². The van der Waals surface area contributed by atoms with Crippen LogP contribution in [0.15, 0.2) is 36.4 Å². The van der Waals surface area contributed by atoms with E-state index in [0.29, 0.717) is 63.8 Å². The van der Waals surface area contributed by atoms with Gasteiger partial charge in [0.05, 0.1) is 37.3 Å². The Morgan fingerprint density at radius 1 is 0.725 bits per heavy atom. The van der Waals surface area contributed by atoms with E-state index in [-0.39, 0.29) is 11.4 Å². The van der Waals surface area contributed by atoms with Crippen LogP contribution >= 0.6 is 0 Å². The Hall–Kier alpha value is -3.34. The summed E-state index contributed by atoms with van der Waals surface area (Å²) in [5.74, 6) is 0.839. The van der Waals surface area contributed by atoms with E-state index < -0.39 is 25.0 Å². The average Bonchev–Trinajstić information content (AvgIpc) is 2.92. The lowest BCUT2D eigenvalue weighted by Crippen LogP contribution is -2.48. The summed E-state index contributed by atoms with van der Waals surface area (Å²) in [6.07, 6.45) is 2.44. The van der Waals surface area contributed by atoms with Crippen LogP contribution < -0.4 is 25.0 Å². The number of rotatable bonds is 7. The van der Waals surface area contributed by atoms with Crippen LogP contribution in [0.2, 0.25) is 0 Å². The van der Waals surface area contributed by atoms with Crippen molar-refractivity contribution in [2.45, 2.75) is 0 Å². The lowest BCUT2D eigenvalue weighted by atomic mass is 10.2. The Bertz CT molecular complexity index is 1400. The maximum Gasteiger partial charge on any atom is 0.311 e.